The molecular weight excluding hydrogens is 206 g/mol. The molecule has 16 heavy (non-hydrogen) atoms. The molecule has 0 atom stereocenters. The molecule has 1 aromatic heterocycles. The van der Waals surface area contributed by atoms with E-state index in [1.54, 1.807) is 6.92 Å². The van der Waals surface area contributed by atoms with Gasteiger partial charge in [0.2, 0.25) is 0 Å². The van der Waals surface area contributed by atoms with E-state index in [2.05, 4.69) is 10.1 Å². The van der Waals surface area contributed by atoms with Crippen LogP contribution in [0, 0.1) is 0 Å². The Hall–Kier alpha value is -2.30. The fraction of sp³-hybridized carbons (Fsp3) is 0.0909. The van der Waals surface area contributed by atoms with Crippen LogP contribution < -0.4 is 5.43 Å². The van der Waals surface area contributed by atoms with Crippen LogP contribution in [-0.4, -0.2) is 21.9 Å². The van der Waals surface area contributed by atoms with Crippen LogP contribution in [0.2, 0.25) is 0 Å². The largest absolute Gasteiger partial charge is 0.464 e. The lowest BCUT2D eigenvalue weighted by Crippen LogP contribution is -2.15. The van der Waals surface area contributed by atoms with Crippen molar-refractivity contribution in [3.63, 3.8) is 0 Å². The maximum Gasteiger partial charge on any atom is 0.425 e. The summed E-state index contributed by atoms with van der Waals surface area (Å²) in [6.45, 7) is 1.76. The molecule has 82 valence electrons. The third kappa shape index (κ3) is 1.88. The number of benzene rings is 1. The van der Waals surface area contributed by atoms with Crippen molar-refractivity contribution in [2.75, 3.05) is 0 Å². The molecule has 0 saturated heterocycles. The summed E-state index contributed by atoms with van der Waals surface area (Å²) >= 11 is 0. The molecule has 5 heteroatoms. The Morgan fingerprint density at radius 3 is 2.94 bits per heavy atom. The van der Waals surface area contributed by atoms with E-state index in [0.717, 1.165) is 16.5 Å². The summed E-state index contributed by atoms with van der Waals surface area (Å²) in [7, 11) is 0. The fourth-order valence-corrected chi connectivity index (χ4v) is 1.56. The number of H-pyrrole nitrogens is 1. The number of hydrogen-bond acceptors (Lipinski definition) is 2. The number of aromatic nitrogens is 1. The Balaban J connectivity index is 2.40. The van der Waals surface area contributed by atoms with E-state index in [-0.39, 0.29) is 0 Å². The van der Waals surface area contributed by atoms with Crippen LogP contribution in [0.3, 0.4) is 0 Å². The molecule has 0 spiro atoms. The molecule has 1 amide bonds. The lowest BCUT2D eigenvalue weighted by Gasteiger charge is -1.98. The Morgan fingerprint density at radius 2 is 2.19 bits per heavy atom. The molecule has 2 rings (SSSR count). The van der Waals surface area contributed by atoms with E-state index in [1.807, 2.05) is 35.9 Å². The normalized spacial score (nSPS) is 11.7. The van der Waals surface area contributed by atoms with Gasteiger partial charge >= 0.3 is 6.09 Å². The van der Waals surface area contributed by atoms with Crippen molar-refractivity contribution < 1.29 is 9.90 Å². The van der Waals surface area contributed by atoms with Gasteiger partial charge in [0, 0.05) is 22.7 Å². The summed E-state index contributed by atoms with van der Waals surface area (Å²) in [4.78, 5) is 13.4. The van der Waals surface area contributed by atoms with Crippen LogP contribution in [0.5, 0.6) is 0 Å². The van der Waals surface area contributed by atoms with Crippen LogP contribution in [-0.2, 0) is 0 Å². The van der Waals surface area contributed by atoms with E-state index in [0.29, 0.717) is 5.71 Å². The van der Waals surface area contributed by atoms with Gasteiger partial charge in [-0.2, -0.15) is 5.10 Å². The summed E-state index contributed by atoms with van der Waals surface area (Å²) in [5.74, 6) is 0. The van der Waals surface area contributed by atoms with Gasteiger partial charge in [-0.15, -0.1) is 0 Å². The van der Waals surface area contributed by atoms with Gasteiger partial charge in [0.1, 0.15) is 0 Å². The van der Waals surface area contributed by atoms with Gasteiger partial charge in [-0.25, -0.2) is 10.2 Å². The summed E-state index contributed by atoms with van der Waals surface area (Å²) < 4.78 is 0. The minimum atomic E-state index is -1.17. The highest BCUT2D eigenvalue weighted by atomic mass is 16.4. The highest BCUT2D eigenvalue weighted by Gasteiger charge is 2.05. The zero-order chi connectivity index (χ0) is 11.5. The maximum atomic E-state index is 10.3. The van der Waals surface area contributed by atoms with E-state index in [4.69, 9.17) is 5.11 Å². The quantitative estimate of drug-likeness (QED) is 0.532. The molecule has 2 aromatic rings. The maximum absolute atomic E-state index is 10.3. The first-order chi connectivity index (χ1) is 7.68. The molecule has 0 aliphatic carbocycles. The van der Waals surface area contributed by atoms with Crippen molar-refractivity contribution in [2.45, 2.75) is 6.92 Å². The Kier molecular flexibility index (Phi) is 2.59. The molecule has 5 nitrogen and oxygen atoms in total. The van der Waals surface area contributed by atoms with Crippen LogP contribution in [0.15, 0.2) is 35.6 Å². The Bertz CT molecular complexity index is 557. The number of para-hydroxylation sites is 1. The van der Waals surface area contributed by atoms with E-state index in [9.17, 15) is 4.79 Å². The van der Waals surface area contributed by atoms with Crippen molar-refractivity contribution in [3.8, 4) is 0 Å². The molecule has 3 N–H and O–H groups in total. The number of fused-ring (bicyclic) bond motifs is 1. The first-order valence-corrected chi connectivity index (χ1v) is 4.78. The summed E-state index contributed by atoms with van der Waals surface area (Å²) in [6.07, 6.45) is 0.645. The first-order valence-electron chi connectivity index (χ1n) is 4.78. The summed E-state index contributed by atoms with van der Waals surface area (Å²) in [5, 5.41) is 13.2. The average Bonchev–Trinajstić information content (AvgIpc) is 2.69. The number of nitrogens with zero attached hydrogens (tertiary/aromatic N) is 1. The monoisotopic (exact) mass is 217 g/mol. The smallest absolute Gasteiger partial charge is 0.425 e. The van der Waals surface area contributed by atoms with Gasteiger partial charge in [-0.05, 0) is 13.0 Å². The Morgan fingerprint density at radius 1 is 1.44 bits per heavy atom. The van der Waals surface area contributed by atoms with Gasteiger partial charge in [-0.1, -0.05) is 18.2 Å². The zero-order valence-electron chi connectivity index (χ0n) is 8.69. The van der Waals surface area contributed by atoms with Gasteiger partial charge in [-0.3, -0.25) is 0 Å². The zero-order valence-corrected chi connectivity index (χ0v) is 8.69. The van der Waals surface area contributed by atoms with Crippen LogP contribution >= 0.6 is 0 Å². The molecular formula is C11H11N3O2. The topological polar surface area (TPSA) is 77.5 Å². The lowest BCUT2D eigenvalue weighted by atomic mass is 10.1. The van der Waals surface area contributed by atoms with E-state index in [1.165, 1.54) is 0 Å². The highest BCUT2D eigenvalue weighted by Crippen LogP contribution is 2.18. The SMILES string of the molecule is CC(=NNC(=O)O)c1c[nH]c2ccccc12. The third-order valence-electron chi connectivity index (χ3n) is 2.30. The lowest BCUT2D eigenvalue weighted by molar-refractivity contribution is 0.195. The van der Waals surface area contributed by atoms with Crippen molar-refractivity contribution in [2.24, 2.45) is 5.10 Å². The second-order valence-electron chi connectivity index (χ2n) is 3.36. The molecule has 0 aliphatic rings. The number of aromatic amines is 1. The number of carboxylic acid groups (broad SMARTS) is 1. The number of rotatable bonds is 2. The first kappa shape index (κ1) is 10.2. The molecule has 1 aromatic carbocycles. The second kappa shape index (κ2) is 4.06. The summed E-state index contributed by atoms with van der Waals surface area (Å²) in [6, 6.07) is 7.78. The molecule has 0 aliphatic heterocycles. The number of nitrogens with one attached hydrogen (secondary N) is 2. The minimum Gasteiger partial charge on any atom is -0.464 e. The minimum absolute atomic E-state index is 0.625. The average molecular weight is 217 g/mol. The second-order valence-corrected chi connectivity index (χ2v) is 3.36. The molecule has 0 unspecified atom stereocenters. The highest BCUT2D eigenvalue weighted by molar-refractivity contribution is 6.09. The predicted molar refractivity (Wildman–Crippen MR) is 61.7 cm³/mol. The van der Waals surface area contributed by atoms with Gasteiger partial charge in [0.05, 0.1) is 5.71 Å². The van der Waals surface area contributed by atoms with Crippen LogP contribution in [0.1, 0.15) is 12.5 Å². The van der Waals surface area contributed by atoms with E-state index < -0.39 is 6.09 Å². The number of amides is 1. The number of carbonyl (C=O) groups is 1. The van der Waals surface area contributed by atoms with Crippen LogP contribution in [0.25, 0.3) is 10.9 Å². The van der Waals surface area contributed by atoms with E-state index >= 15 is 0 Å². The van der Waals surface area contributed by atoms with Crippen molar-refractivity contribution >= 4 is 22.7 Å². The third-order valence-corrected chi connectivity index (χ3v) is 2.30. The number of hydrazone groups is 1. The summed E-state index contributed by atoms with van der Waals surface area (Å²) in [5.41, 5.74) is 4.51. The standard InChI is InChI=1S/C11H11N3O2/c1-7(13-14-11(15)16)9-6-12-10-5-3-2-4-8(9)10/h2-6,12,14H,1H3,(H,15,16). The van der Waals surface area contributed by atoms with Crippen LogP contribution in [0.4, 0.5) is 4.79 Å². The fourth-order valence-electron chi connectivity index (χ4n) is 1.56. The van der Waals surface area contributed by atoms with Crippen molar-refractivity contribution in [1.82, 2.24) is 10.4 Å². The molecule has 0 radical (unpaired) electrons. The van der Waals surface area contributed by atoms with Gasteiger partial charge in [0.15, 0.2) is 0 Å². The molecule has 0 bridgehead atoms. The van der Waals surface area contributed by atoms with Crippen molar-refractivity contribution in [3.05, 3.63) is 36.0 Å². The molecule has 0 fully saturated rings. The van der Waals surface area contributed by atoms with Gasteiger partial charge in [0.25, 0.3) is 0 Å². The van der Waals surface area contributed by atoms with Crippen molar-refractivity contribution in [1.29, 1.82) is 0 Å². The Labute approximate surface area is 91.8 Å². The molecule has 1 heterocycles. The predicted octanol–water partition coefficient (Wildman–Crippen LogP) is 2.16. The molecule has 0 saturated carbocycles. The number of hydrogen-bond donors (Lipinski definition) is 3. The van der Waals surface area contributed by atoms with Gasteiger partial charge < -0.3 is 10.1 Å².